The van der Waals surface area contributed by atoms with Crippen LogP contribution in [0.1, 0.15) is 24.8 Å². The molecule has 1 aliphatic heterocycles. The number of ether oxygens (including phenoxy) is 2. The third-order valence-corrected chi connectivity index (χ3v) is 6.27. The minimum absolute atomic E-state index is 0.357. The van der Waals surface area contributed by atoms with Crippen molar-refractivity contribution in [1.82, 2.24) is 20.2 Å². The van der Waals surface area contributed by atoms with E-state index in [0.29, 0.717) is 23.5 Å². The number of anilines is 2. The zero-order valence-electron chi connectivity index (χ0n) is 20.4. The quantitative estimate of drug-likeness (QED) is 0.370. The highest BCUT2D eigenvalue weighted by Gasteiger charge is 2.21. The highest BCUT2D eigenvalue weighted by atomic mass is 16.5. The van der Waals surface area contributed by atoms with Gasteiger partial charge in [0, 0.05) is 43.7 Å². The summed E-state index contributed by atoms with van der Waals surface area (Å²) in [5, 5.41) is 11.2. The van der Waals surface area contributed by atoms with Crippen molar-refractivity contribution >= 4 is 22.7 Å². The van der Waals surface area contributed by atoms with Gasteiger partial charge < -0.3 is 25.4 Å². The lowest BCUT2D eigenvalue weighted by atomic mass is 10.0. The van der Waals surface area contributed by atoms with E-state index < -0.39 is 0 Å². The van der Waals surface area contributed by atoms with Crippen molar-refractivity contribution in [2.75, 3.05) is 58.1 Å². The Hall–Kier alpha value is -3.10. The standard InChI is InChI=1S/C26H36N6O2/c1-27-12-7-13-28-26-30-22-17-24(34-3)23(33-2)16-21(22)25(31-26)29-20-10-14-32(15-11-20)18-19-8-5-4-6-9-19/h4-6,8-9,16-17,20,27H,7,10-15,18H2,1-3H3,(H2,28,29,30,31). The van der Waals surface area contributed by atoms with Gasteiger partial charge in [-0.3, -0.25) is 4.90 Å². The fourth-order valence-corrected chi connectivity index (χ4v) is 4.38. The SMILES string of the molecule is CNCCCNc1nc(NC2CCN(Cc3ccccc3)CC2)c2cc(OC)c(OC)cc2n1. The van der Waals surface area contributed by atoms with Gasteiger partial charge in [0.15, 0.2) is 11.5 Å². The smallest absolute Gasteiger partial charge is 0.225 e. The Bertz CT molecular complexity index is 1050. The van der Waals surface area contributed by atoms with Crippen LogP contribution >= 0.6 is 0 Å². The number of methoxy groups -OCH3 is 2. The molecule has 0 saturated carbocycles. The molecule has 34 heavy (non-hydrogen) atoms. The van der Waals surface area contributed by atoms with Crippen molar-refractivity contribution in [2.24, 2.45) is 0 Å². The fourth-order valence-electron chi connectivity index (χ4n) is 4.38. The van der Waals surface area contributed by atoms with Gasteiger partial charge in [0.05, 0.1) is 19.7 Å². The maximum atomic E-state index is 5.54. The summed E-state index contributed by atoms with van der Waals surface area (Å²) in [4.78, 5) is 12.1. The molecule has 0 radical (unpaired) electrons. The van der Waals surface area contributed by atoms with E-state index >= 15 is 0 Å². The summed E-state index contributed by atoms with van der Waals surface area (Å²) in [5.74, 6) is 2.80. The van der Waals surface area contributed by atoms with E-state index in [4.69, 9.17) is 19.4 Å². The third-order valence-electron chi connectivity index (χ3n) is 6.27. The number of hydrogen-bond donors (Lipinski definition) is 3. The van der Waals surface area contributed by atoms with E-state index in [0.717, 1.165) is 68.7 Å². The van der Waals surface area contributed by atoms with Gasteiger partial charge in [-0.25, -0.2) is 4.98 Å². The van der Waals surface area contributed by atoms with Crippen LogP contribution in [-0.2, 0) is 6.54 Å². The molecule has 2 heterocycles. The molecule has 8 heteroatoms. The Morgan fingerprint density at radius 2 is 1.71 bits per heavy atom. The monoisotopic (exact) mass is 464 g/mol. The van der Waals surface area contributed by atoms with Crippen LogP contribution in [0, 0.1) is 0 Å². The molecule has 0 spiro atoms. The molecule has 3 aromatic rings. The van der Waals surface area contributed by atoms with Crippen LogP contribution in [-0.4, -0.2) is 68.4 Å². The van der Waals surface area contributed by atoms with Gasteiger partial charge in [-0.05, 0) is 44.5 Å². The maximum Gasteiger partial charge on any atom is 0.225 e. The van der Waals surface area contributed by atoms with Gasteiger partial charge in [0.1, 0.15) is 5.82 Å². The molecule has 0 unspecified atom stereocenters. The molecule has 1 aliphatic rings. The molecule has 0 amide bonds. The molecule has 0 atom stereocenters. The summed E-state index contributed by atoms with van der Waals surface area (Å²) in [7, 11) is 5.25. The predicted molar refractivity (Wildman–Crippen MR) is 138 cm³/mol. The number of aromatic nitrogens is 2. The average Bonchev–Trinajstić information content (AvgIpc) is 2.87. The lowest BCUT2D eigenvalue weighted by molar-refractivity contribution is 0.211. The van der Waals surface area contributed by atoms with E-state index in [2.05, 4.69) is 51.2 Å². The fraction of sp³-hybridized carbons (Fsp3) is 0.462. The topological polar surface area (TPSA) is 83.6 Å². The second kappa shape index (κ2) is 11.9. The van der Waals surface area contributed by atoms with Gasteiger partial charge in [-0.1, -0.05) is 30.3 Å². The van der Waals surface area contributed by atoms with Gasteiger partial charge >= 0.3 is 0 Å². The maximum absolute atomic E-state index is 5.54. The molecule has 2 aromatic carbocycles. The molecule has 1 fully saturated rings. The Labute approximate surface area is 202 Å². The summed E-state index contributed by atoms with van der Waals surface area (Å²) < 4.78 is 11.1. The largest absolute Gasteiger partial charge is 0.493 e. The van der Waals surface area contributed by atoms with E-state index in [-0.39, 0.29) is 0 Å². The van der Waals surface area contributed by atoms with Crippen LogP contribution in [0.15, 0.2) is 42.5 Å². The molecule has 3 N–H and O–H groups in total. The summed E-state index contributed by atoms with van der Waals surface area (Å²) in [6.07, 6.45) is 3.12. The zero-order chi connectivity index (χ0) is 23.8. The van der Waals surface area contributed by atoms with Crippen molar-refractivity contribution in [1.29, 1.82) is 0 Å². The van der Waals surface area contributed by atoms with Gasteiger partial charge in [0.25, 0.3) is 0 Å². The van der Waals surface area contributed by atoms with E-state index in [9.17, 15) is 0 Å². The number of rotatable bonds is 11. The van der Waals surface area contributed by atoms with Crippen molar-refractivity contribution in [3.8, 4) is 11.5 Å². The summed E-state index contributed by atoms with van der Waals surface area (Å²) >= 11 is 0. The molecule has 0 aliphatic carbocycles. The zero-order valence-corrected chi connectivity index (χ0v) is 20.4. The van der Waals surface area contributed by atoms with Crippen molar-refractivity contribution in [2.45, 2.75) is 31.8 Å². The first-order valence-electron chi connectivity index (χ1n) is 12.0. The van der Waals surface area contributed by atoms with E-state index in [1.54, 1.807) is 14.2 Å². The Kier molecular flexibility index (Phi) is 8.38. The molecule has 1 saturated heterocycles. The minimum Gasteiger partial charge on any atom is -0.493 e. The van der Waals surface area contributed by atoms with Crippen molar-refractivity contribution in [3.63, 3.8) is 0 Å². The summed E-state index contributed by atoms with van der Waals surface area (Å²) in [5.41, 5.74) is 2.19. The number of piperidine rings is 1. The first-order chi connectivity index (χ1) is 16.7. The third kappa shape index (κ3) is 6.07. The Balaban J connectivity index is 1.50. The molecular weight excluding hydrogens is 428 g/mol. The number of hydrogen-bond acceptors (Lipinski definition) is 8. The van der Waals surface area contributed by atoms with E-state index in [1.807, 2.05) is 19.2 Å². The van der Waals surface area contributed by atoms with Crippen LogP contribution in [0.3, 0.4) is 0 Å². The number of nitrogens with zero attached hydrogens (tertiary/aromatic N) is 3. The van der Waals surface area contributed by atoms with Gasteiger partial charge in [-0.15, -0.1) is 0 Å². The average molecular weight is 465 g/mol. The molecule has 0 bridgehead atoms. The van der Waals surface area contributed by atoms with Crippen molar-refractivity contribution in [3.05, 3.63) is 48.0 Å². The normalized spacial score (nSPS) is 14.8. The van der Waals surface area contributed by atoms with Crippen LogP contribution < -0.4 is 25.4 Å². The second-order valence-electron chi connectivity index (χ2n) is 8.68. The molecule has 182 valence electrons. The van der Waals surface area contributed by atoms with Crippen LogP contribution in [0.4, 0.5) is 11.8 Å². The molecule has 1 aromatic heterocycles. The first kappa shape index (κ1) is 24.0. The Morgan fingerprint density at radius 3 is 2.41 bits per heavy atom. The van der Waals surface area contributed by atoms with Gasteiger partial charge in [0.2, 0.25) is 5.95 Å². The van der Waals surface area contributed by atoms with Gasteiger partial charge in [-0.2, -0.15) is 4.98 Å². The Morgan fingerprint density at radius 1 is 0.971 bits per heavy atom. The van der Waals surface area contributed by atoms with Crippen LogP contribution in [0.25, 0.3) is 10.9 Å². The number of nitrogens with one attached hydrogen (secondary N) is 3. The summed E-state index contributed by atoms with van der Waals surface area (Å²) in [6.45, 7) is 4.86. The molecule has 8 nitrogen and oxygen atoms in total. The van der Waals surface area contributed by atoms with Crippen molar-refractivity contribution < 1.29 is 9.47 Å². The van der Waals surface area contributed by atoms with Crippen LogP contribution in [0.5, 0.6) is 11.5 Å². The minimum atomic E-state index is 0.357. The highest BCUT2D eigenvalue weighted by Crippen LogP contribution is 2.35. The predicted octanol–water partition coefficient (Wildman–Crippen LogP) is 3.74. The highest BCUT2D eigenvalue weighted by molar-refractivity contribution is 5.92. The molecule has 4 rings (SSSR count). The summed E-state index contributed by atoms with van der Waals surface area (Å²) in [6, 6.07) is 14.9. The molecular formula is C26H36N6O2. The lowest BCUT2D eigenvalue weighted by Gasteiger charge is -2.33. The number of likely N-dealkylation sites (tertiary alicyclic amines) is 1. The van der Waals surface area contributed by atoms with E-state index in [1.165, 1.54) is 5.56 Å². The lowest BCUT2D eigenvalue weighted by Crippen LogP contribution is -2.38. The number of benzene rings is 2. The first-order valence-corrected chi connectivity index (χ1v) is 12.0. The van der Waals surface area contributed by atoms with Crippen LogP contribution in [0.2, 0.25) is 0 Å². The second-order valence-corrected chi connectivity index (χ2v) is 8.68. The number of fused-ring (bicyclic) bond motifs is 1.